The largest absolute Gasteiger partial charge is 0.444 e. The van der Waals surface area contributed by atoms with Gasteiger partial charge in [-0.15, -0.1) is 0 Å². The van der Waals surface area contributed by atoms with Crippen LogP contribution in [0.25, 0.3) is 0 Å². The van der Waals surface area contributed by atoms with E-state index >= 15 is 0 Å². The van der Waals surface area contributed by atoms with Crippen LogP contribution in [0.2, 0.25) is 0 Å². The number of amides is 2. The number of carbonyl (C=O) groups excluding carboxylic acids is 2. The van der Waals surface area contributed by atoms with E-state index < -0.39 is 11.7 Å². The number of alkyl carbamates (subject to hydrolysis) is 1. The molecule has 0 radical (unpaired) electrons. The first-order chi connectivity index (χ1) is 6.88. The summed E-state index contributed by atoms with van der Waals surface area (Å²) in [4.78, 5) is 22.7. The molecular weight excluding hydrogens is 196 g/mol. The molecule has 0 bridgehead atoms. The van der Waals surface area contributed by atoms with Crippen LogP contribution < -0.4 is 10.6 Å². The van der Waals surface area contributed by atoms with Gasteiger partial charge in [-0.25, -0.2) is 4.79 Å². The molecule has 1 rings (SSSR count). The van der Waals surface area contributed by atoms with Gasteiger partial charge >= 0.3 is 6.09 Å². The van der Waals surface area contributed by atoms with Gasteiger partial charge in [-0.2, -0.15) is 0 Å². The van der Waals surface area contributed by atoms with E-state index in [1.165, 1.54) is 0 Å². The number of nitrogens with one attached hydrogen (secondary N) is 2. The van der Waals surface area contributed by atoms with Crippen molar-refractivity contribution in [3.05, 3.63) is 0 Å². The van der Waals surface area contributed by atoms with Crippen LogP contribution in [0.3, 0.4) is 0 Å². The van der Waals surface area contributed by atoms with Crippen molar-refractivity contribution in [3.8, 4) is 0 Å². The average Bonchev–Trinajstić information content (AvgIpc) is 2.50. The SMILES string of the molecule is CC(C)(C)OC(=O)NC(=O)[C@H]1CCCN1. The van der Waals surface area contributed by atoms with Crippen LogP contribution in [-0.2, 0) is 9.53 Å². The molecule has 1 heterocycles. The Labute approximate surface area is 89.6 Å². The zero-order valence-corrected chi connectivity index (χ0v) is 9.42. The van der Waals surface area contributed by atoms with Crippen molar-refractivity contribution in [1.82, 2.24) is 10.6 Å². The van der Waals surface area contributed by atoms with Gasteiger partial charge in [-0.1, -0.05) is 0 Å². The topological polar surface area (TPSA) is 67.4 Å². The van der Waals surface area contributed by atoms with Crippen molar-refractivity contribution in [3.63, 3.8) is 0 Å². The Morgan fingerprint density at radius 1 is 1.40 bits per heavy atom. The molecule has 1 aliphatic rings. The Hall–Kier alpha value is -1.10. The molecule has 86 valence electrons. The summed E-state index contributed by atoms with van der Waals surface area (Å²) in [6.07, 6.45) is 1.06. The molecule has 5 heteroatoms. The van der Waals surface area contributed by atoms with E-state index in [1.54, 1.807) is 20.8 Å². The van der Waals surface area contributed by atoms with Gasteiger partial charge in [0.2, 0.25) is 5.91 Å². The van der Waals surface area contributed by atoms with Crippen molar-refractivity contribution in [2.75, 3.05) is 6.54 Å². The third kappa shape index (κ3) is 4.29. The lowest BCUT2D eigenvalue weighted by Crippen LogP contribution is -2.45. The maximum absolute atomic E-state index is 11.5. The highest BCUT2D eigenvalue weighted by Crippen LogP contribution is 2.08. The fraction of sp³-hybridized carbons (Fsp3) is 0.800. The Balaban J connectivity index is 2.34. The van der Waals surface area contributed by atoms with E-state index in [1.807, 2.05) is 0 Å². The predicted octanol–water partition coefficient (Wildman–Crippen LogP) is 0.790. The van der Waals surface area contributed by atoms with Gasteiger partial charge in [-0.05, 0) is 40.2 Å². The zero-order valence-electron chi connectivity index (χ0n) is 9.42. The summed E-state index contributed by atoms with van der Waals surface area (Å²) < 4.78 is 4.97. The van der Waals surface area contributed by atoms with Crippen molar-refractivity contribution in [2.45, 2.75) is 45.3 Å². The van der Waals surface area contributed by atoms with Crippen molar-refractivity contribution in [2.24, 2.45) is 0 Å². The van der Waals surface area contributed by atoms with Crippen LogP contribution in [0.15, 0.2) is 0 Å². The van der Waals surface area contributed by atoms with Crippen molar-refractivity contribution in [1.29, 1.82) is 0 Å². The number of rotatable bonds is 1. The molecule has 0 aromatic carbocycles. The lowest BCUT2D eigenvalue weighted by molar-refractivity contribution is -0.122. The van der Waals surface area contributed by atoms with Gasteiger partial charge in [0.15, 0.2) is 0 Å². The molecule has 15 heavy (non-hydrogen) atoms. The van der Waals surface area contributed by atoms with E-state index in [0.717, 1.165) is 19.4 Å². The Morgan fingerprint density at radius 3 is 2.53 bits per heavy atom. The molecule has 0 aromatic rings. The number of carbonyl (C=O) groups is 2. The van der Waals surface area contributed by atoms with Crippen LogP contribution in [-0.4, -0.2) is 30.2 Å². The maximum atomic E-state index is 11.5. The molecule has 0 unspecified atom stereocenters. The molecular formula is C10H18N2O3. The number of hydrogen-bond donors (Lipinski definition) is 2. The summed E-state index contributed by atoms with van der Waals surface area (Å²) in [5.41, 5.74) is -0.576. The van der Waals surface area contributed by atoms with Crippen LogP contribution in [0, 0.1) is 0 Å². The average molecular weight is 214 g/mol. The third-order valence-electron chi connectivity index (χ3n) is 2.00. The first-order valence-corrected chi connectivity index (χ1v) is 5.16. The fourth-order valence-electron chi connectivity index (χ4n) is 1.40. The quantitative estimate of drug-likeness (QED) is 0.677. The lowest BCUT2D eigenvalue weighted by atomic mass is 10.2. The normalized spacial score (nSPS) is 21.1. The van der Waals surface area contributed by atoms with Crippen LogP contribution in [0.4, 0.5) is 4.79 Å². The summed E-state index contributed by atoms with van der Waals surface area (Å²) in [6.45, 7) is 6.09. The van der Waals surface area contributed by atoms with Crippen LogP contribution in [0.1, 0.15) is 33.6 Å². The second-order valence-electron chi connectivity index (χ2n) is 4.64. The van der Waals surface area contributed by atoms with E-state index in [0.29, 0.717) is 0 Å². The molecule has 2 N–H and O–H groups in total. The minimum atomic E-state index is -0.679. The van der Waals surface area contributed by atoms with E-state index in [-0.39, 0.29) is 11.9 Å². The molecule has 5 nitrogen and oxygen atoms in total. The van der Waals surface area contributed by atoms with E-state index in [9.17, 15) is 9.59 Å². The van der Waals surface area contributed by atoms with Gasteiger partial charge < -0.3 is 10.1 Å². The molecule has 0 spiro atoms. The lowest BCUT2D eigenvalue weighted by Gasteiger charge is -2.20. The first kappa shape index (κ1) is 12.0. The number of ether oxygens (including phenoxy) is 1. The van der Waals surface area contributed by atoms with Crippen molar-refractivity contribution < 1.29 is 14.3 Å². The summed E-state index contributed by atoms with van der Waals surface area (Å²) in [5, 5.41) is 5.22. The molecule has 0 aromatic heterocycles. The first-order valence-electron chi connectivity index (χ1n) is 5.16. The molecule has 1 atom stereocenters. The molecule has 1 fully saturated rings. The Bertz CT molecular complexity index is 252. The standard InChI is InChI=1S/C10H18N2O3/c1-10(2,3)15-9(14)12-8(13)7-5-4-6-11-7/h7,11H,4-6H2,1-3H3,(H,12,13,14)/t7-/m1/s1. The van der Waals surface area contributed by atoms with Gasteiger partial charge in [0.1, 0.15) is 5.60 Å². The number of hydrogen-bond acceptors (Lipinski definition) is 4. The van der Waals surface area contributed by atoms with E-state index in [4.69, 9.17) is 4.74 Å². The highest BCUT2D eigenvalue weighted by molar-refractivity contribution is 5.95. The highest BCUT2D eigenvalue weighted by Gasteiger charge is 2.25. The second-order valence-corrected chi connectivity index (χ2v) is 4.64. The number of imide groups is 1. The molecule has 0 aliphatic carbocycles. The molecule has 1 saturated heterocycles. The summed E-state index contributed by atoms with van der Waals surface area (Å²) in [6, 6.07) is -0.252. The minimum absolute atomic E-state index is 0.252. The maximum Gasteiger partial charge on any atom is 0.414 e. The Kier molecular flexibility index (Phi) is 3.68. The zero-order chi connectivity index (χ0) is 11.5. The Morgan fingerprint density at radius 2 is 2.07 bits per heavy atom. The third-order valence-corrected chi connectivity index (χ3v) is 2.00. The monoisotopic (exact) mass is 214 g/mol. The molecule has 0 saturated carbocycles. The van der Waals surface area contributed by atoms with Gasteiger partial charge in [0.05, 0.1) is 6.04 Å². The predicted molar refractivity (Wildman–Crippen MR) is 55.4 cm³/mol. The van der Waals surface area contributed by atoms with Gasteiger partial charge in [0.25, 0.3) is 0 Å². The summed E-state index contributed by atoms with van der Waals surface area (Å²) in [5.74, 6) is -0.304. The van der Waals surface area contributed by atoms with Crippen LogP contribution >= 0.6 is 0 Å². The highest BCUT2D eigenvalue weighted by atomic mass is 16.6. The summed E-state index contributed by atoms with van der Waals surface area (Å²) >= 11 is 0. The van der Waals surface area contributed by atoms with E-state index in [2.05, 4.69) is 10.6 Å². The minimum Gasteiger partial charge on any atom is -0.444 e. The smallest absolute Gasteiger partial charge is 0.414 e. The molecule has 1 aliphatic heterocycles. The van der Waals surface area contributed by atoms with Crippen molar-refractivity contribution >= 4 is 12.0 Å². The fourth-order valence-corrected chi connectivity index (χ4v) is 1.40. The second kappa shape index (κ2) is 4.61. The van der Waals surface area contributed by atoms with Gasteiger partial charge in [0, 0.05) is 0 Å². The van der Waals surface area contributed by atoms with Crippen LogP contribution in [0.5, 0.6) is 0 Å². The molecule has 2 amide bonds. The van der Waals surface area contributed by atoms with Gasteiger partial charge in [-0.3, -0.25) is 10.1 Å². The summed E-state index contributed by atoms with van der Waals surface area (Å²) in [7, 11) is 0.